The number of hydrogen-bond donors (Lipinski definition) is 3. The summed E-state index contributed by atoms with van der Waals surface area (Å²) in [6.45, 7) is 4.45. The quantitative estimate of drug-likeness (QED) is 0.326. The maximum Gasteiger partial charge on any atom is 0.433 e. The van der Waals surface area contributed by atoms with Gasteiger partial charge in [-0.25, -0.2) is 9.37 Å². The van der Waals surface area contributed by atoms with Gasteiger partial charge in [0.1, 0.15) is 17.3 Å². The van der Waals surface area contributed by atoms with Crippen LogP contribution >= 0.6 is 0 Å². The molecule has 2 aliphatic rings. The fraction of sp³-hybridized carbons (Fsp3) is 0.429. The smallest absolute Gasteiger partial charge is 0.384 e. The molecule has 0 radical (unpaired) electrons. The Morgan fingerprint density at radius 3 is 2.60 bits per heavy atom. The van der Waals surface area contributed by atoms with Crippen LogP contribution in [-0.2, 0) is 27.9 Å². The Morgan fingerprint density at radius 2 is 1.95 bits per heavy atom. The van der Waals surface area contributed by atoms with Gasteiger partial charge in [0.15, 0.2) is 0 Å². The van der Waals surface area contributed by atoms with Crippen molar-refractivity contribution < 1.29 is 32.3 Å². The van der Waals surface area contributed by atoms with Crippen molar-refractivity contribution in [3.63, 3.8) is 0 Å². The van der Waals surface area contributed by atoms with Gasteiger partial charge < -0.3 is 10.8 Å². The third kappa shape index (κ3) is 4.90. The molecule has 0 aliphatic carbocycles. The van der Waals surface area contributed by atoms with E-state index in [1.165, 1.54) is 18.3 Å². The number of nitrogens with two attached hydrogens (primary N) is 1. The molecule has 0 spiro atoms. The SMILES string of the molecule is CC1(C)CN(Cc2ccc(C(F)(F)F)nc2N)CC[C@@]1(O)c1ccc2ncc(C3CCC(=O)NC3=O)cc2c1F. The summed E-state index contributed by atoms with van der Waals surface area (Å²) >= 11 is 0. The Bertz CT molecular complexity index is 1510. The van der Waals surface area contributed by atoms with E-state index in [0.29, 0.717) is 36.2 Å². The zero-order valence-electron chi connectivity index (χ0n) is 22.0. The number of rotatable bonds is 4. The number of carbonyl (C=O) groups excluding carboxylic acids is 2. The fourth-order valence-corrected chi connectivity index (χ4v) is 5.80. The number of benzene rings is 1. The molecule has 212 valence electrons. The Morgan fingerprint density at radius 1 is 1.20 bits per heavy atom. The molecule has 12 heteroatoms. The number of fused-ring (bicyclic) bond motifs is 1. The molecule has 5 rings (SSSR count). The van der Waals surface area contributed by atoms with Gasteiger partial charge in [-0.1, -0.05) is 26.0 Å². The zero-order chi connectivity index (χ0) is 29.0. The van der Waals surface area contributed by atoms with Crippen LogP contribution in [0.1, 0.15) is 61.4 Å². The largest absolute Gasteiger partial charge is 0.433 e. The van der Waals surface area contributed by atoms with Crippen molar-refractivity contribution >= 4 is 28.5 Å². The van der Waals surface area contributed by atoms with Crippen LogP contribution in [0.2, 0.25) is 0 Å². The number of imide groups is 1. The molecule has 2 aromatic heterocycles. The van der Waals surface area contributed by atoms with E-state index >= 15 is 4.39 Å². The number of aliphatic hydroxyl groups is 1. The standard InChI is InChI=1S/C28H29F4N5O3/c1-26(2)14-37(13-15-3-7-21(28(30,31)32)35-24(15)33)10-9-27(26,40)19-5-6-20-18(23(19)29)11-16(12-34-20)17-4-8-22(38)36-25(17)39/h3,5-7,11-12,17,40H,4,8-10,13-14H2,1-2H3,(H2,33,35)(H,36,38,39)/t17?,27-/m1/s1. The minimum absolute atomic E-state index is 0.0996. The molecule has 2 aliphatic heterocycles. The van der Waals surface area contributed by atoms with Crippen molar-refractivity contribution in [2.75, 3.05) is 18.8 Å². The van der Waals surface area contributed by atoms with Crippen molar-refractivity contribution in [2.24, 2.45) is 5.41 Å². The molecule has 2 amide bonds. The summed E-state index contributed by atoms with van der Waals surface area (Å²) in [6, 6.07) is 6.88. The molecule has 2 fully saturated rings. The number of hydrogen-bond acceptors (Lipinski definition) is 7. The Balaban J connectivity index is 1.41. The van der Waals surface area contributed by atoms with E-state index in [9.17, 15) is 27.9 Å². The number of halogens is 4. The number of carbonyl (C=O) groups is 2. The highest BCUT2D eigenvalue weighted by atomic mass is 19.4. The van der Waals surface area contributed by atoms with Gasteiger partial charge in [-0.15, -0.1) is 0 Å². The van der Waals surface area contributed by atoms with Gasteiger partial charge in [-0.3, -0.25) is 24.8 Å². The second kappa shape index (κ2) is 9.77. The van der Waals surface area contributed by atoms with Crippen LogP contribution in [0.25, 0.3) is 10.9 Å². The van der Waals surface area contributed by atoms with Crippen molar-refractivity contribution in [3.8, 4) is 0 Å². The highest BCUT2D eigenvalue weighted by Crippen LogP contribution is 2.48. The van der Waals surface area contributed by atoms with Gasteiger partial charge in [0.25, 0.3) is 0 Å². The van der Waals surface area contributed by atoms with Crippen molar-refractivity contribution in [1.82, 2.24) is 20.2 Å². The lowest BCUT2D eigenvalue weighted by atomic mass is 9.66. The first-order valence-electron chi connectivity index (χ1n) is 12.9. The van der Waals surface area contributed by atoms with Crippen LogP contribution in [0.5, 0.6) is 0 Å². The molecule has 1 aromatic carbocycles. The van der Waals surface area contributed by atoms with Crippen molar-refractivity contribution in [1.29, 1.82) is 0 Å². The Kier molecular flexibility index (Phi) is 6.82. The number of pyridine rings is 2. The third-order valence-corrected chi connectivity index (χ3v) is 8.13. The maximum absolute atomic E-state index is 16.1. The molecule has 3 aromatic rings. The molecular formula is C28H29F4N5O3. The monoisotopic (exact) mass is 559 g/mol. The fourth-order valence-electron chi connectivity index (χ4n) is 5.80. The minimum atomic E-state index is -4.60. The minimum Gasteiger partial charge on any atom is -0.384 e. The normalized spacial score (nSPS) is 23.8. The van der Waals surface area contributed by atoms with Gasteiger partial charge >= 0.3 is 6.18 Å². The highest BCUT2D eigenvalue weighted by molar-refractivity contribution is 6.01. The number of nitrogens with one attached hydrogen (secondary N) is 1. The summed E-state index contributed by atoms with van der Waals surface area (Å²) in [5.41, 5.74) is 3.68. The van der Waals surface area contributed by atoms with Crippen LogP contribution in [0.15, 0.2) is 36.5 Å². The van der Waals surface area contributed by atoms with E-state index in [-0.39, 0.29) is 42.1 Å². The van der Waals surface area contributed by atoms with E-state index in [1.807, 2.05) is 4.90 Å². The van der Waals surface area contributed by atoms with Crippen LogP contribution in [0.4, 0.5) is 23.4 Å². The van der Waals surface area contributed by atoms with E-state index in [4.69, 9.17) is 5.73 Å². The van der Waals surface area contributed by atoms with Crippen molar-refractivity contribution in [3.05, 3.63) is 64.7 Å². The van der Waals surface area contributed by atoms with Crippen molar-refractivity contribution in [2.45, 2.75) is 57.3 Å². The van der Waals surface area contributed by atoms with E-state index in [0.717, 1.165) is 6.07 Å². The molecule has 1 unspecified atom stereocenters. The first-order chi connectivity index (χ1) is 18.7. The summed E-state index contributed by atoms with van der Waals surface area (Å²) in [5, 5.41) is 14.4. The maximum atomic E-state index is 16.1. The number of anilines is 1. The Hall–Kier alpha value is -3.64. The molecule has 8 nitrogen and oxygen atoms in total. The molecule has 0 saturated carbocycles. The second-order valence-corrected chi connectivity index (χ2v) is 11.2. The van der Waals surface area contributed by atoms with Gasteiger partial charge in [-0.2, -0.15) is 13.2 Å². The molecule has 40 heavy (non-hydrogen) atoms. The van der Waals surface area contributed by atoms with Gasteiger partial charge in [0.05, 0.1) is 17.0 Å². The number of amides is 2. The number of alkyl halides is 3. The predicted molar refractivity (Wildman–Crippen MR) is 138 cm³/mol. The number of likely N-dealkylation sites (tertiary alicyclic amines) is 1. The summed E-state index contributed by atoms with van der Waals surface area (Å²) in [6.07, 6.45) is -2.48. The van der Waals surface area contributed by atoms with Gasteiger partial charge in [-0.05, 0) is 36.6 Å². The van der Waals surface area contributed by atoms with Gasteiger partial charge in [0.2, 0.25) is 11.8 Å². The molecule has 4 N–H and O–H groups in total. The summed E-state index contributed by atoms with van der Waals surface area (Å²) in [4.78, 5) is 33.6. The average molecular weight is 560 g/mol. The van der Waals surface area contributed by atoms with Crippen LogP contribution in [-0.4, -0.2) is 44.9 Å². The first-order valence-corrected chi connectivity index (χ1v) is 12.9. The van der Waals surface area contributed by atoms with E-state index in [2.05, 4.69) is 15.3 Å². The number of piperidine rings is 2. The Labute approximate surface area is 227 Å². The summed E-state index contributed by atoms with van der Waals surface area (Å²) < 4.78 is 55.0. The third-order valence-electron chi connectivity index (χ3n) is 8.13. The van der Waals surface area contributed by atoms with E-state index in [1.54, 1.807) is 26.0 Å². The van der Waals surface area contributed by atoms with Crippen LogP contribution in [0, 0.1) is 11.2 Å². The van der Waals surface area contributed by atoms with Crippen LogP contribution < -0.4 is 11.1 Å². The lowest BCUT2D eigenvalue weighted by molar-refractivity contribution is -0.141. The molecule has 2 atom stereocenters. The second-order valence-electron chi connectivity index (χ2n) is 11.2. The summed E-state index contributed by atoms with van der Waals surface area (Å²) in [7, 11) is 0. The lowest BCUT2D eigenvalue weighted by Gasteiger charge is -2.50. The molecule has 0 bridgehead atoms. The summed E-state index contributed by atoms with van der Waals surface area (Å²) in [5.74, 6) is -2.29. The van der Waals surface area contributed by atoms with Gasteiger partial charge in [0, 0.05) is 54.2 Å². The molecule has 2 saturated heterocycles. The number of nitrogens with zero attached hydrogens (tertiary/aromatic N) is 3. The number of aromatic nitrogens is 2. The number of nitrogen functional groups attached to an aromatic ring is 1. The highest BCUT2D eigenvalue weighted by Gasteiger charge is 2.50. The zero-order valence-corrected chi connectivity index (χ0v) is 22.0. The van der Waals surface area contributed by atoms with Crippen LogP contribution in [0.3, 0.4) is 0 Å². The molecular weight excluding hydrogens is 530 g/mol. The average Bonchev–Trinajstić information content (AvgIpc) is 2.87. The topological polar surface area (TPSA) is 121 Å². The first kappa shape index (κ1) is 27.9. The molecule has 4 heterocycles. The predicted octanol–water partition coefficient (Wildman–Crippen LogP) is 4.01. The lowest BCUT2D eigenvalue weighted by Crippen LogP contribution is -2.55. The van der Waals surface area contributed by atoms with E-state index < -0.39 is 40.5 Å².